The van der Waals surface area contributed by atoms with Crippen molar-refractivity contribution in [2.75, 3.05) is 11.9 Å². The Bertz CT molecular complexity index is 1350. The maximum absolute atomic E-state index is 12.9. The molecule has 172 valence electrons. The van der Waals surface area contributed by atoms with Gasteiger partial charge in [-0.15, -0.1) is 10.2 Å². The van der Waals surface area contributed by atoms with Crippen LogP contribution in [0.5, 0.6) is 0 Å². The number of anilines is 1. The van der Waals surface area contributed by atoms with Crippen LogP contribution in [0.4, 0.5) is 5.69 Å². The molecule has 1 saturated heterocycles. The molecule has 2 aromatic carbocycles. The van der Waals surface area contributed by atoms with E-state index in [0.29, 0.717) is 23.0 Å². The molecule has 0 aliphatic carbocycles. The number of amides is 1. The lowest BCUT2D eigenvalue weighted by atomic mass is 10.1. The van der Waals surface area contributed by atoms with Crippen molar-refractivity contribution in [2.45, 2.75) is 42.8 Å². The van der Waals surface area contributed by atoms with Gasteiger partial charge in [0.15, 0.2) is 11.0 Å². The molecule has 0 bridgehead atoms. The lowest BCUT2D eigenvalue weighted by Crippen LogP contribution is -2.23. The van der Waals surface area contributed by atoms with Gasteiger partial charge in [-0.1, -0.05) is 30.0 Å². The molecule has 0 radical (unpaired) electrons. The van der Waals surface area contributed by atoms with E-state index in [9.17, 15) is 4.79 Å². The van der Waals surface area contributed by atoms with Crippen molar-refractivity contribution >= 4 is 34.3 Å². The molecule has 1 amide bonds. The second-order valence-corrected chi connectivity index (χ2v) is 9.55. The number of nitrogens with one attached hydrogen (secondary N) is 2. The number of aromatic amines is 1. The van der Waals surface area contributed by atoms with Crippen molar-refractivity contribution in [3.63, 3.8) is 0 Å². The number of hydrogen-bond acceptors (Lipinski definition) is 6. The third kappa shape index (κ3) is 4.55. The summed E-state index contributed by atoms with van der Waals surface area (Å²) in [6.45, 7) is 3.25. The fourth-order valence-electron chi connectivity index (χ4n) is 4.07. The van der Waals surface area contributed by atoms with Crippen LogP contribution in [0.1, 0.15) is 25.3 Å². The molecule has 1 fully saturated rings. The number of rotatable bonds is 7. The number of carbonyl (C=O) groups is 1. The van der Waals surface area contributed by atoms with Gasteiger partial charge in [0, 0.05) is 35.0 Å². The van der Waals surface area contributed by atoms with Crippen molar-refractivity contribution in [3.8, 4) is 17.5 Å². The number of hydrogen-bond donors (Lipinski definition) is 2. The highest BCUT2D eigenvalue weighted by molar-refractivity contribution is 8.00. The molecule has 3 heterocycles. The fraction of sp³-hybridized carbons (Fsp3) is 0.280. The van der Waals surface area contributed by atoms with Crippen LogP contribution in [0.2, 0.25) is 0 Å². The minimum atomic E-state index is -0.404. The Balaban J connectivity index is 1.40. The number of fused-ring (bicyclic) bond motifs is 1. The molecular weight excluding hydrogens is 448 g/mol. The van der Waals surface area contributed by atoms with E-state index in [-0.39, 0.29) is 12.0 Å². The lowest BCUT2D eigenvalue weighted by Gasteiger charge is -2.16. The molecule has 1 aliphatic rings. The number of nitriles is 1. The number of thioether (sulfide) groups is 1. The Kier molecular flexibility index (Phi) is 6.34. The Labute approximate surface area is 201 Å². The summed E-state index contributed by atoms with van der Waals surface area (Å²) < 4.78 is 7.97. The Morgan fingerprint density at radius 2 is 2.12 bits per heavy atom. The Morgan fingerprint density at radius 1 is 1.29 bits per heavy atom. The third-order valence-corrected chi connectivity index (χ3v) is 6.97. The van der Waals surface area contributed by atoms with Crippen LogP contribution in [0, 0.1) is 11.3 Å². The van der Waals surface area contributed by atoms with Crippen molar-refractivity contribution in [2.24, 2.45) is 0 Å². The van der Waals surface area contributed by atoms with Gasteiger partial charge in [0.1, 0.15) is 0 Å². The Hall–Kier alpha value is -3.61. The van der Waals surface area contributed by atoms with Gasteiger partial charge in [-0.2, -0.15) is 5.26 Å². The smallest absolute Gasteiger partial charge is 0.237 e. The molecule has 9 heteroatoms. The first kappa shape index (κ1) is 22.2. The molecule has 5 rings (SSSR count). The summed E-state index contributed by atoms with van der Waals surface area (Å²) in [5.74, 6) is 0.616. The molecule has 34 heavy (non-hydrogen) atoms. The zero-order valence-electron chi connectivity index (χ0n) is 18.7. The summed E-state index contributed by atoms with van der Waals surface area (Å²) in [4.78, 5) is 16.2. The number of nitrogens with zero attached hydrogens (tertiary/aromatic N) is 4. The summed E-state index contributed by atoms with van der Waals surface area (Å²) in [6.07, 6.45) is 4.09. The van der Waals surface area contributed by atoms with Crippen molar-refractivity contribution in [1.82, 2.24) is 19.7 Å². The monoisotopic (exact) mass is 472 g/mol. The van der Waals surface area contributed by atoms with E-state index < -0.39 is 5.25 Å². The number of carbonyl (C=O) groups excluding carboxylic acids is 1. The average Bonchev–Trinajstić information content (AvgIpc) is 3.61. The normalized spacial score (nSPS) is 16.4. The standard InChI is InChI=1S/C25H24N6O2S/c1-16(24(32)28-18-10-8-17(13-26)9-11-18)34-25-30-29-23(31(25)15-19-5-4-12-33-19)21-14-27-22-7-3-2-6-20(21)22/h2-3,6-11,14,16,19,27H,4-5,12,15H2,1H3,(H,28,32). The van der Waals surface area contributed by atoms with Gasteiger partial charge in [0.05, 0.1) is 29.5 Å². The predicted octanol–water partition coefficient (Wildman–Crippen LogP) is 4.60. The molecule has 8 nitrogen and oxygen atoms in total. The second-order valence-electron chi connectivity index (χ2n) is 8.24. The summed E-state index contributed by atoms with van der Waals surface area (Å²) >= 11 is 1.37. The summed E-state index contributed by atoms with van der Waals surface area (Å²) in [5.41, 5.74) is 3.21. The predicted molar refractivity (Wildman–Crippen MR) is 131 cm³/mol. The highest BCUT2D eigenvalue weighted by atomic mass is 32.2. The van der Waals surface area contributed by atoms with Crippen LogP contribution in [0.15, 0.2) is 59.9 Å². The number of ether oxygens (including phenoxy) is 1. The van der Waals surface area contributed by atoms with Crippen LogP contribution in [0.3, 0.4) is 0 Å². The van der Waals surface area contributed by atoms with E-state index >= 15 is 0 Å². The van der Waals surface area contributed by atoms with E-state index in [1.54, 1.807) is 24.3 Å². The van der Waals surface area contributed by atoms with Crippen LogP contribution < -0.4 is 5.32 Å². The van der Waals surface area contributed by atoms with E-state index in [1.807, 2.05) is 31.3 Å². The molecule has 2 N–H and O–H groups in total. The molecule has 4 aromatic rings. The first-order valence-electron chi connectivity index (χ1n) is 11.2. The third-order valence-electron chi connectivity index (χ3n) is 5.89. The first-order chi connectivity index (χ1) is 16.6. The SMILES string of the molecule is CC(Sc1nnc(-c2c[nH]c3ccccc23)n1CC1CCCO1)C(=O)Nc1ccc(C#N)cc1. The van der Waals surface area contributed by atoms with Crippen molar-refractivity contribution in [3.05, 3.63) is 60.3 Å². The number of H-pyrrole nitrogens is 1. The largest absolute Gasteiger partial charge is 0.376 e. The molecule has 0 saturated carbocycles. The Morgan fingerprint density at radius 3 is 2.88 bits per heavy atom. The number of aromatic nitrogens is 4. The van der Waals surface area contributed by atoms with Crippen molar-refractivity contribution in [1.29, 1.82) is 5.26 Å². The van der Waals surface area contributed by atoms with E-state index in [2.05, 4.69) is 37.2 Å². The van der Waals surface area contributed by atoms with Gasteiger partial charge in [-0.05, 0) is 50.1 Å². The van der Waals surface area contributed by atoms with Gasteiger partial charge < -0.3 is 15.0 Å². The fourth-order valence-corrected chi connectivity index (χ4v) is 4.93. The van der Waals surface area contributed by atoms with Crippen LogP contribution >= 0.6 is 11.8 Å². The van der Waals surface area contributed by atoms with Gasteiger partial charge >= 0.3 is 0 Å². The summed E-state index contributed by atoms with van der Waals surface area (Å²) in [5, 5.41) is 22.2. The summed E-state index contributed by atoms with van der Waals surface area (Å²) in [7, 11) is 0. The highest BCUT2D eigenvalue weighted by Crippen LogP contribution is 2.32. The zero-order valence-corrected chi connectivity index (χ0v) is 19.5. The van der Waals surface area contributed by atoms with Crippen LogP contribution in [0.25, 0.3) is 22.3 Å². The molecule has 1 aliphatic heterocycles. The number of benzene rings is 2. The van der Waals surface area contributed by atoms with Crippen molar-refractivity contribution < 1.29 is 9.53 Å². The minimum Gasteiger partial charge on any atom is -0.376 e. The van der Waals surface area contributed by atoms with E-state index in [0.717, 1.165) is 41.7 Å². The quantitative estimate of drug-likeness (QED) is 0.381. The molecule has 2 aromatic heterocycles. The summed E-state index contributed by atoms with van der Waals surface area (Å²) in [6, 6.07) is 17.0. The first-order valence-corrected chi connectivity index (χ1v) is 12.1. The minimum absolute atomic E-state index is 0.0992. The maximum Gasteiger partial charge on any atom is 0.237 e. The maximum atomic E-state index is 12.9. The lowest BCUT2D eigenvalue weighted by molar-refractivity contribution is -0.115. The number of para-hydroxylation sites is 1. The van der Waals surface area contributed by atoms with E-state index in [4.69, 9.17) is 10.00 Å². The zero-order chi connectivity index (χ0) is 23.5. The molecule has 2 unspecified atom stereocenters. The van der Waals surface area contributed by atoms with Gasteiger partial charge in [0.2, 0.25) is 5.91 Å². The van der Waals surface area contributed by atoms with Crippen LogP contribution in [-0.4, -0.2) is 43.6 Å². The van der Waals surface area contributed by atoms with Gasteiger partial charge in [-0.25, -0.2) is 0 Å². The van der Waals surface area contributed by atoms with Gasteiger partial charge in [-0.3, -0.25) is 9.36 Å². The second kappa shape index (κ2) is 9.71. The molecular formula is C25H24N6O2S. The topological polar surface area (TPSA) is 109 Å². The average molecular weight is 473 g/mol. The van der Waals surface area contributed by atoms with E-state index in [1.165, 1.54) is 11.8 Å². The molecule has 2 atom stereocenters. The van der Waals surface area contributed by atoms with Gasteiger partial charge in [0.25, 0.3) is 0 Å². The molecule has 0 spiro atoms. The van der Waals surface area contributed by atoms with Crippen LogP contribution in [-0.2, 0) is 16.1 Å². The highest BCUT2D eigenvalue weighted by Gasteiger charge is 2.25.